The minimum atomic E-state index is -0.108. The van der Waals surface area contributed by atoms with Crippen molar-refractivity contribution < 1.29 is 4.79 Å². The van der Waals surface area contributed by atoms with E-state index in [2.05, 4.69) is 4.98 Å². The molecule has 0 N–H and O–H groups in total. The number of hydrogen-bond donors (Lipinski definition) is 0. The maximum absolute atomic E-state index is 12.0. The first-order valence-electron chi connectivity index (χ1n) is 6.43. The van der Waals surface area contributed by atoms with Crippen LogP contribution < -0.4 is 0 Å². The largest absolute Gasteiger partial charge is 0.294 e. The molecular weight excluding hydrogens is 305 g/mol. The molecule has 0 radical (unpaired) electrons. The van der Waals surface area contributed by atoms with E-state index in [9.17, 15) is 4.79 Å². The average Bonchev–Trinajstić information content (AvgIpc) is 2.46. The van der Waals surface area contributed by atoms with E-state index in [1.165, 1.54) is 6.92 Å². The fourth-order valence-corrected chi connectivity index (χ4v) is 2.86. The maximum Gasteiger partial charge on any atom is 0.163 e. The first-order valence-corrected chi connectivity index (χ1v) is 7.18. The quantitative estimate of drug-likeness (QED) is 0.467. The number of benzene rings is 2. The summed E-state index contributed by atoms with van der Waals surface area (Å²) in [4.78, 5) is 16.3. The molecule has 3 rings (SSSR count). The van der Waals surface area contributed by atoms with Gasteiger partial charge in [-0.1, -0.05) is 53.5 Å². The normalized spacial score (nSPS) is 10.8. The summed E-state index contributed by atoms with van der Waals surface area (Å²) in [7, 11) is 0. The van der Waals surface area contributed by atoms with Crippen molar-refractivity contribution in [1.29, 1.82) is 0 Å². The molecule has 0 unspecified atom stereocenters. The van der Waals surface area contributed by atoms with Crippen LogP contribution in [0.1, 0.15) is 17.3 Å². The fourth-order valence-electron chi connectivity index (χ4n) is 2.42. The molecule has 2 aromatic carbocycles. The minimum absolute atomic E-state index is 0.108. The van der Waals surface area contributed by atoms with E-state index in [1.54, 1.807) is 12.1 Å². The molecule has 0 aliphatic carbocycles. The van der Waals surface area contributed by atoms with Gasteiger partial charge in [-0.15, -0.1) is 0 Å². The van der Waals surface area contributed by atoms with Crippen LogP contribution in [0.4, 0.5) is 0 Å². The molecule has 0 aliphatic heterocycles. The van der Waals surface area contributed by atoms with Gasteiger partial charge in [-0.2, -0.15) is 0 Å². The number of carbonyl (C=O) groups excluding carboxylic acids is 1. The highest BCUT2D eigenvalue weighted by molar-refractivity contribution is 6.34. The number of rotatable bonds is 2. The average molecular weight is 316 g/mol. The Labute approximate surface area is 132 Å². The second-order valence-corrected chi connectivity index (χ2v) is 5.53. The van der Waals surface area contributed by atoms with Crippen LogP contribution in [0.5, 0.6) is 0 Å². The van der Waals surface area contributed by atoms with Crippen molar-refractivity contribution >= 4 is 39.9 Å². The molecule has 2 nitrogen and oxygen atoms in total. The topological polar surface area (TPSA) is 30.0 Å². The van der Waals surface area contributed by atoms with Crippen LogP contribution in [-0.2, 0) is 0 Å². The van der Waals surface area contributed by atoms with Crippen molar-refractivity contribution in [3.05, 3.63) is 64.3 Å². The van der Waals surface area contributed by atoms with E-state index < -0.39 is 0 Å². The van der Waals surface area contributed by atoms with Gasteiger partial charge in [-0.3, -0.25) is 4.79 Å². The third-order valence-corrected chi connectivity index (χ3v) is 3.86. The molecule has 0 spiro atoms. The Bertz CT molecular complexity index is 841. The van der Waals surface area contributed by atoms with Crippen LogP contribution in [0.3, 0.4) is 0 Å². The zero-order valence-electron chi connectivity index (χ0n) is 11.2. The van der Waals surface area contributed by atoms with Crippen molar-refractivity contribution in [3.8, 4) is 11.1 Å². The van der Waals surface area contributed by atoms with Gasteiger partial charge in [0.15, 0.2) is 5.78 Å². The number of hydrogen-bond acceptors (Lipinski definition) is 2. The summed E-state index contributed by atoms with van der Waals surface area (Å²) >= 11 is 12.2. The molecule has 1 heterocycles. The number of halogens is 2. The molecule has 0 saturated heterocycles. The highest BCUT2D eigenvalue weighted by Gasteiger charge is 2.18. The molecule has 104 valence electrons. The van der Waals surface area contributed by atoms with E-state index >= 15 is 0 Å². The Balaban J connectivity index is 2.44. The molecule has 4 heteroatoms. The van der Waals surface area contributed by atoms with Gasteiger partial charge in [-0.05, 0) is 30.7 Å². The van der Waals surface area contributed by atoms with Crippen LogP contribution >= 0.6 is 23.2 Å². The number of para-hydroxylation sites is 1. The summed E-state index contributed by atoms with van der Waals surface area (Å²) in [5.74, 6) is -0.108. The molecule has 0 amide bonds. The first kappa shape index (κ1) is 14.1. The summed E-state index contributed by atoms with van der Waals surface area (Å²) in [6, 6.07) is 15.0. The summed E-state index contributed by atoms with van der Waals surface area (Å²) in [5, 5.41) is 1.77. The lowest BCUT2D eigenvalue weighted by Gasteiger charge is -2.13. The number of fused-ring (bicyclic) bond motifs is 1. The molecule has 0 saturated carbocycles. The van der Waals surface area contributed by atoms with Gasteiger partial charge in [0, 0.05) is 16.0 Å². The zero-order valence-corrected chi connectivity index (χ0v) is 12.7. The van der Waals surface area contributed by atoms with Crippen molar-refractivity contribution in [3.63, 3.8) is 0 Å². The first-order chi connectivity index (χ1) is 10.1. The highest BCUT2D eigenvalue weighted by Crippen LogP contribution is 2.35. The maximum atomic E-state index is 12.0. The van der Waals surface area contributed by atoms with E-state index in [1.807, 2.05) is 36.4 Å². The van der Waals surface area contributed by atoms with Crippen LogP contribution in [0.15, 0.2) is 48.5 Å². The molecular formula is C17H11Cl2NO. The van der Waals surface area contributed by atoms with Gasteiger partial charge in [0.2, 0.25) is 0 Å². The van der Waals surface area contributed by atoms with E-state index in [-0.39, 0.29) is 10.9 Å². The third kappa shape index (κ3) is 2.53. The highest BCUT2D eigenvalue weighted by atomic mass is 35.5. The van der Waals surface area contributed by atoms with Crippen molar-refractivity contribution in [2.24, 2.45) is 0 Å². The Kier molecular flexibility index (Phi) is 3.66. The summed E-state index contributed by atoms with van der Waals surface area (Å²) in [6.07, 6.45) is 0. The molecule has 0 aliphatic rings. The van der Waals surface area contributed by atoms with Crippen molar-refractivity contribution in [2.45, 2.75) is 6.92 Å². The van der Waals surface area contributed by atoms with E-state index in [4.69, 9.17) is 23.2 Å². The van der Waals surface area contributed by atoms with Gasteiger partial charge in [0.05, 0.1) is 11.1 Å². The van der Waals surface area contributed by atoms with Gasteiger partial charge in [0.25, 0.3) is 0 Å². The molecule has 21 heavy (non-hydrogen) atoms. The lowest BCUT2D eigenvalue weighted by atomic mass is 9.95. The van der Waals surface area contributed by atoms with Crippen LogP contribution in [0, 0.1) is 0 Å². The minimum Gasteiger partial charge on any atom is -0.294 e. The number of pyridine rings is 1. The number of ketones is 1. The van der Waals surface area contributed by atoms with E-state index in [0.29, 0.717) is 10.6 Å². The van der Waals surface area contributed by atoms with Crippen molar-refractivity contribution in [2.75, 3.05) is 0 Å². The lowest BCUT2D eigenvalue weighted by Crippen LogP contribution is -2.01. The second-order valence-electron chi connectivity index (χ2n) is 4.73. The summed E-state index contributed by atoms with van der Waals surface area (Å²) in [6.45, 7) is 1.50. The number of nitrogens with zero attached hydrogens (tertiary/aromatic N) is 1. The zero-order chi connectivity index (χ0) is 15.0. The standard InChI is InChI=1S/C17H11Cl2NO/c1-10(21)15-16(11-6-8-12(18)9-7-11)13-4-2-3-5-14(13)20-17(15)19/h2-9H,1H3. The van der Waals surface area contributed by atoms with Gasteiger partial charge in [-0.25, -0.2) is 4.98 Å². The molecule has 1 aromatic heterocycles. The fraction of sp³-hybridized carbons (Fsp3) is 0.0588. The number of carbonyl (C=O) groups is 1. The lowest BCUT2D eigenvalue weighted by molar-refractivity contribution is 0.101. The SMILES string of the molecule is CC(=O)c1c(Cl)nc2ccccc2c1-c1ccc(Cl)cc1. The van der Waals surface area contributed by atoms with E-state index in [0.717, 1.165) is 22.0 Å². The predicted octanol–water partition coefficient (Wildman–Crippen LogP) is 5.41. The molecule has 0 fully saturated rings. The predicted molar refractivity (Wildman–Crippen MR) is 87.2 cm³/mol. The van der Waals surface area contributed by atoms with Gasteiger partial charge in [0.1, 0.15) is 5.15 Å². The Morgan fingerprint density at radius 2 is 1.67 bits per heavy atom. The molecule has 0 bridgehead atoms. The number of aromatic nitrogens is 1. The van der Waals surface area contributed by atoms with Gasteiger partial charge < -0.3 is 0 Å². The Morgan fingerprint density at radius 3 is 2.33 bits per heavy atom. The molecule has 0 atom stereocenters. The van der Waals surface area contributed by atoms with Crippen LogP contribution in [0.25, 0.3) is 22.0 Å². The Morgan fingerprint density at radius 1 is 1.00 bits per heavy atom. The smallest absolute Gasteiger partial charge is 0.163 e. The number of Topliss-reactive ketones (excluding diaryl/α,β-unsaturated/α-hetero) is 1. The van der Waals surface area contributed by atoms with Crippen molar-refractivity contribution in [1.82, 2.24) is 4.98 Å². The summed E-state index contributed by atoms with van der Waals surface area (Å²) < 4.78 is 0. The van der Waals surface area contributed by atoms with Crippen LogP contribution in [0.2, 0.25) is 10.2 Å². The van der Waals surface area contributed by atoms with Gasteiger partial charge >= 0.3 is 0 Å². The second kappa shape index (κ2) is 5.47. The third-order valence-electron chi connectivity index (χ3n) is 3.33. The monoisotopic (exact) mass is 315 g/mol. The Hall–Kier alpha value is -1.90. The molecule has 3 aromatic rings. The van der Waals surface area contributed by atoms with Crippen LogP contribution in [-0.4, -0.2) is 10.8 Å². The summed E-state index contributed by atoms with van der Waals surface area (Å²) in [5.41, 5.74) is 2.90.